The van der Waals surface area contributed by atoms with Crippen LogP contribution in [0.5, 0.6) is 0 Å². The van der Waals surface area contributed by atoms with Crippen molar-refractivity contribution < 1.29 is 0 Å². The highest BCUT2D eigenvalue weighted by atomic mass is 15.4. The Morgan fingerprint density at radius 3 is 2.36 bits per heavy atom. The molecule has 0 aromatic carbocycles. The summed E-state index contributed by atoms with van der Waals surface area (Å²) in [6.45, 7) is 6.53. The Morgan fingerprint density at radius 1 is 0.964 bits per heavy atom. The van der Waals surface area contributed by atoms with Crippen LogP contribution in [0.3, 0.4) is 0 Å². The van der Waals surface area contributed by atoms with E-state index in [1.165, 1.54) is 18.4 Å². The molecule has 8 nitrogen and oxygen atoms in total. The maximum Gasteiger partial charge on any atom is 0.225 e. The van der Waals surface area contributed by atoms with Crippen LogP contribution in [-0.2, 0) is 6.54 Å². The van der Waals surface area contributed by atoms with Gasteiger partial charge in [0.1, 0.15) is 5.82 Å². The second kappa shape index (κ2) is 8.86. The van der Waals surface area contributed by atoms with Crippen molar-refractivity contribution >= 4 is 17.7 Å². The van der Waals surface area contributed by atoms with Crippen molar-refractivity contribution in [1.29, 1.82) is 0 Å². The highest BCUT2D eigenvalue weighted by Crippen LogP contribution is 2.17. The van der Waals surface area contributed by atoms with Crippen LogP contribution < -0.4 is 15.1 Å². The third-order valence-corrected chi connectivity index (χ3v) is 5.32. The van der Waals surface area contributed by atoms with Crippen molar-refractivity contribution in [2.45, 2.75) is 19.4 Å². The van der Waals surface area contributed by atoms with E-state index in [0.717, 1.165) is 63.5 Å². The van der Waals surface area contributed by atoms with Gasteiger partial charge in [-0.1, -0.05) is 6.07 Å². The number of nitrogens with zero attached hydrogens (tertiary/aromatic N) is 7. The van der Waals surface area contributed by atoms with Gasteiger partial charge in [-0.2, -0.15) is 0 Å². The van der Waals surface area contributed by atoms with Gasteiger partial charge in [0.2, 0.25) is 5.95 Å². The normalized spacial score (nSPS) is 17.9. The Balaban J connectivity index is 1.28. The number of anilines is 2. The van der Waals surface area contributed by atoms with Gasteiger partial charge in [-0.3, -0.25) is 4.99 Å². The average Bonchev–Trinajstić information content (AvgIpc) is 3.31. The molecular formula is C20H28N8. The van der Waals surface area contributed by atoms with Gasteiger partial charge in [0.15, 0.2) is 5.96 Å². The molecule has 2 saturated heterocycles. The van der Waals surface area contributed by atoms with Crippen molar-refractivity contribution in [3.8, 4) is 0 Å². The van der Waals surface area contributed by atoms with Crippen molar-refractivity contribution in [2.75, 3.05) is 56.1 Å². The molecule has 8 heteroatoms. The Hall–Kier alpha value is -2.90. The summed E-state index contributed by atoms with van der Waals surface area (Å²) in [4.78, 5) is 24.6. The molecule has 0 bridgehead atoms. The fourth-order valence-electron chi connectivity index (χ4n) is 3.74. The summed E-state index contributed by atoms with van der Waals surface area (Å²) in [5, 5.41) is 3.47. The van der Waals surface area contributed by atoms with E-state index in [1.807, 2.05) is 19.3 Å². The summed E-state index contributed by atoms with van der Waals surface area (Å²) < 4.78 is 0. The van der Waals surface area contributed by atoms with Gasteiger partial charge >= 0.3 is 0 Å². The number of pyridine rings is 1. The van der Waals surface area contributed by atoms with E-state index in [1.54, 1.807) is 12.4 Å². The molecule has 2 fully saturated rings. The van der Waals surface area contributed by atoms with Crippen molar-refractivity contribution in [2.24, 2.45) is 4.99 Å². The van der Waals surface area contributed by atoms with Gasteiger partial charge < -0.3 is 20.0 Å². The first-order valence-corrected chi connectivity index (χ1v) is 10.0. The second-order valence-corrected chi connectivity index (χ2v) is 7.14. The fraction of sp³-hybridized carbons (Fsp3) is 0.500. The Bertz CT molecular complexity index is 763. The Labute approximate surface area is 166 Å². The summed E-state index contributed by atoms with van der Waals surface area (Å²) in [6.07, 6.45) is 8.09. The molecule has 0 unspecified atom stereocenters. The average molecular weight is 381 g/mol. The van der Waals surface area contributed by atoms with E-state index in [0.29, 0.717) is 0 Å². The topological polar surface area (TPSA) is 72.8 Å². The first-order chi connectivity index (χ1) is 13.8. The fourth-order valence-corrected chi connectivity index (χ4v) is 3.74. The molecule has 0 radical (unpaired) electrons. The number of guanidine groups is 1. The maximum atomic E-state index is 4.63. The first kappa shape index (κ1) is 18.5. The molecule has 2 aromatic rings. The van der Waals surface area contributed by atoms with Crippen LogP contribution in [0.4, 0.5) is 11.8 Å². The number of hydrogen-bond acceptors (Lipinski definition) is 6. The molecule has 1 N–H and O–H groups in total. The van der Waals surface area contributed by atoms with Crippen molar-refractivity contribution in [1.82, 2.24) is 25.2 Å². The molecule has 0 amide bonds. The molecule has 2 aliphatic rings. The summed E-state index contributed by atoms with van der Waals surface area (Å²) in [5.41, 5.74) is 1.17. The molecule has 4 rings (SSSR count). The summed E-state index contributed by atoms with van der Waals surface area (Å²) in [5.74, 6) is 2.82. The minimum Gasteiger partial charge on any atom is -0.357 e. The lowest BCUT2D eigenvalue weighted by Crippen LogP contribution is -2.52. The molecule has 28 heavy (non-hydrogen) atoms. The molecule has 2 aromatic heterocycles. The van der Waals surface area contributed by atoms with Gasteiger partial charge in [0.05, 0.1) is 0 Å². The number of hydrogen-bond donors (Lipinski definition) is 1. The third-order valence-electron chi connectivity index (χ3n) is 5.32. The lowest BCUT2D eigenvalue weighted by Gasteiger charge is -2.36. The van der Waals surface area contributed by atoms with Gasteiger partial charge in [-0.25, -0.2) is 15.0 Å². The smallest absolute Gasteiger partial charge is 0.225 e. The van der Waals surface area contributed by atoms with Crippen LogP contribution in [0.1, 0.15) is 18.4 Å². The molecule has 0 saturated carbocycles. The van der Waals surface area contributed by atoms with E-state index < -0.39 is 0 Å². The molecule has 0 aliphatic carbocycles. The quantitative estimate of drug-likeness (QED) is 0.634. The molecule has 148 valence electrons. The van der Waals surface area contributed by atoms with Crippen LogP contribution >= 0.6 is 0 Å². The summed E-state index contributed by atoms with van der Waals surface area (Å²) in [7, 11) is 1.84. The van der Waals surface area contributed by atoms with E-state index in [-0.39, 0.29) is 0 Å². The SMILES string of the molecule is CN=C(NCc1ccc(N2CCCC2)nc1)N1CCN(c2ncccn2)CC1. The van der Waals surface area contributed by atoms with Crippen LogP contribution in [0.15, 0.2) is 41.8 Å². The monoisotopic (exact) mass is 380 g/mol. The molecule has 4 heterocycles. The van der Waals surface area contributed by atoms with Gasteiger partial charge in [-0.15, -0.1) is 0 Å². The van der Waals surface area contributed by atoms with Gasteiger partial charge in [0, 0.05) is 71.5 Å². The standard InChI is InChI=1S/C20H28N8/c1-21-19(27-11-13-28(14-12-27)20-22-7-4-8-23-20)25-16-17-5-6-18(24-15-17)26-9-2-3-10-26/h4-8,15H,2-3,9-14,16H2,1H3,(H,21,25). The zero-order chi connectivity index (χ0) is 19.2. The number of piperazine rings is 1. The number of aliphatic imine (C=N–C) groups is 1. The lowest BCUT2D eigenvalue weighted by molar-refractivity contribution is 0.370. The van der Waals surface area contributed by atoms with Crippen molar-refractivity contribution in [3.63, 3.8) is 0 Å². The van der Waals surface area contributed by atoms with Gasteiger partial charge in [-0.05, 0) is 30.5 Å². The second-order valence-electron chi connectivity index (χ2n) is 7.14. The van der Waals surface area contributed by atoms with Crippen LogP contribution in [0.25, 0.3) is 0 Å². The summed E-state index contributed by atoms with van der Waals surface area (Å²) >= 11 is 0. The lowest BCUT2D eigenvalue weighted by atomic mass is 10.2. The van der Waals surface area contributed by atoms with E-state index in [2.05, 4.69) is 52.1 Å². The maximum absolute atomic E-state index is 4.63. The number of rotatable bonds is 4. The number of nitrogens with one attached hydrogen (secondary N) is 1. The molecular weight excluding hydrogens is 352 g/mol. The number of aromatic nitrogens is 3. The Morgan fingerprint density at radius 2 is 1.71 bits per heavy atom. The minimum absolute atomic E-state index is 0.724. The summed E-state index contributed by atoms with van der Waals surface area (Å²) in [6, 6.07) is 6.13. The molecule has 0 atom stereocenters. The third kappa shape index (κ3) is 4.32. The highest BCUT2D eigenvalue weighted by molar-refractivity contribution is 5.80. The van der Waals surface area contributed by atoms with E-state index >= 15 is 0 Å². The van der Waals surface area contributed by atoms with Gasteiger partial charge in [0.25, 0.3) is 0 Å². The highest BCUT2D eigenvalue weighted by Gasteiger charge is 2.21. The predicted octanol–water partition coefficient (Wildman–Crippen LogP) is 1.37. The molecule has 2 aliphatic heterocycles. The predicted molar refractivity (Wildman–Crippen MR) is 112 cm³/mol. The zero-order valence-electron chi connectivity index (χ0n) is 16.5. The Kier molecular flexibility index (Phi) is 5.84. The van der Waals surface area contributed by atoms with Crippen LogP contribution in [-0.4, -0.2) is 72.1 Å². The van der Waals surface area contributed by atoms with Crippen molar-refractivity contribution in [3.05, 3.63) is 42.4 Å². The first-order valence-electron chi connectivity index (χ1n) is 10.0. The largest absolute Gasteiger partial charge is 0.357 e. The van der Waals surface area contributed by atoms with Crippen LogP contribution in [0, 0.1) is 0 Å². The molecule has 0 spiro atoms. The van der Waals surface area contributed by atoms with Crippen LogP contribution in [0.2, 0.25) is 0 Å². The van der Waals surface area contributed by atoms with E-state index in [4.69, 9.17) is 0 Å². The zero-order valence-corrected chi connectivity index (χ0v) is 16.5. The van der Waals surface area contributed by atoms with E-state index in [9.17, 15) is 0 Å². The minimum atomic E-state index is 0.724.